The maximum absolute atomic E-state index is 12.0. The van der Waals surface area contributed by atoms with Gasteiger partial charge in [-0.25, -0.2) is 13.4 Å². The van der Waals surface area contributed by atoms with E-state index in [9.17, 15) is 18.0 Å². The Kier molecular flexibility index (Phi) is 18.0. The molecule has 6 aliphatic heterocycles. The van der Waals surface area contributed by atoms with Gasteiger partial charge in [-0.3, -0.25) is 29.8 Å². The first kappa shape index (κ1) is 60.2. The van der Waals surface area contributed by atoms with Gasteiger partial charge in [-0.1, -0.05) is 40.9 Å². The van der Waals surface area contributed by atoms with Crippen LogP contribution in [0.25, 0.3) is 21.8 Å². The number of fused-ring (bicyclic) bond motifs is 4. The Bertz CT molecular complexity index is 3840. The summed E-state index contributed by atoms with van der Waals surface area (Å²) in [4.78, 5) is 50.8. The van der Waals surface area contributed by atoms with Gasteiger partial charge >= 0.3 is 0 Å². The van der Waals surface area contributed by atoms with Gasteiger partial charge in [0.25, 0.3) is 0 Å². The molecule has 0 spiro atoms. The number of nitrogens with zero attached hydrogens (tertiary/aromatic N) is 14. The number of rotatable bonds is 6. The van der Waals surface area contributed by atoms with Crippen molar-refractivity contribution in [1.82, 2.24) is 39.5 Å². The summed E-state index contributed by atoms with van der Waals surface area (Å²) < 4.78 is 25.5. The van der Waals surface area contributed by atoms with E-state index in [0.29, 0.717) is 73.1 Å². The lowest BCUT2D eigenvalue weighted by atomic mass is 9.99. The normalized spacial score (nSPS) is 17.6. The van der Waals surface area contributed by atoms with Crippen molar-refractivity contribution in [1.29, 1.82) is 5.26 Å². The lowest BCUT2D eigenvalue weighted by molar-refractivity contribution is -0.129. The first-order valence-electron chi connectivity index (χ1n) is 28.1. The second-order valence-electron chi connectivity index (χ2n) is 22.2. The minimum atomic E-state index is -3.23. The largest absolute Gasteiger partial charge is 0.383 e. The number of piperazine rings is 4. The van der Waals surface area contributed by atoms with E-state index in [2.05, 4.69) is 72.0 Å². The van der Waals surface area contributed by atoms with Crippen LogP contribution >= 0.6 is 34.8 Å². The zero-order chi connectivity index (χ0) is 60.3. The summed E-state index contributed by atoms with van der Waals surface area (Å²) in [5, 5.41) is 27.4. The van der Waals surface area contributed by atoms with Gasteiger partial charge in [-0.05, 0) is 74.5 Å². The summed E-state index contributed by atoms with van der Waals surface area (Å²) in [6, 6.07) is 23.4. The summed E-state index contributed by atoms with van der Waals surface area (Å²) in [5.41, 5.74) is 22.1. The number of anilines is 5. The number of H-pyrrole nitrogens is 2. The van der Waals surface area contributed by atoms with E-state index < -0.39 is 15.6 Å². The molecule has 4 fully saturated rings. The molecule has 26 heteroatoms. The first-order valence-corrected chi connectivity index (χ1v) is 31.0. The quantitative estimate of drug-likeness (QED) is 0.135. The summed E-state index contributed by atoms with van der Waals surface area (Å²) in [5.74, 6) is 2.36. The molecule has 0 bridgehead atoms. The molecule has 22 nitrogen and oxygen atoms in total. The number of benzene rings is 4. The second-order valence-corrected chi connectivity index (χ2v) is 25.4. The Morgan fingerprint density at radius 2 is 1.05 bits per heavy atom. The number of carbonyl (C=O) groups is 2. The van der Waals surface area contributed by atoms with E-state index in [4.69, 9.17) is 51.5 Å². The number of hydrogen-bond donors (Lipinski definition) is 4. The molecule has 13 rings (SSSR count). The minimum Gasteiger partial charge on any atom is -0.383 e. The number of halogens is 3. The molecule has 0 radical (unpaired) electrons. The van der Waals surface area contributed by atoms with E-state index in [1.807, 2.05) is 90.6 Å². The van der Waals surface area contributed by atoms with Gasteiger partial charge in [0, 0.05) is 195 Å². The van der Waals surface area contributed by atoms with Gasteiger partial charge in [0.15, 0.2) is 0 Å². The molecular weight excluding hydrogens is 1160 g/mol. The van der Waals surface area contributed by atoms with Crippen LogP contribution in [0.2, 0.25) is 15.1 Å². The van der Waals surface area contributed by atoms with Gasteiger partial charge in [-0.15, -0.1) is 0 Å². The Morgan fingerprint density at radius 3 is 1.53 bits per heavy atom. The van der Waals surface area contributed by atoms with Crippen molar-refractivity contribution >= 4 is 119 Å². The second kappa shape index (κ2) is 25.4. The number of carbonyl (C=O) groups excluding carboxylic acids is 2. The van der Waals surface area contributed by atoms with Gasteiger partial charge in [-0.2, -0.15) is 19.8 Å². The molecule has 4 aromatic carbocycles. The van der Waals surface area contributed by atoms with Gasteiger partial charge < -0.3 is 45.8 Å². The van der Waals surface area contributed by atoms with Gasteiger partial charge in [0.1, 0.15) is 17.5 Å². The molecule has 7 aromatic rings. The van der Waals surface area contributed by atoms with E-state index >= 15 is 0 Å². The Balaban J connectivity index is 0.000000126. The van der Waals surface area contributed by atoms with Crippen molar-refractivity contribution in [3.63, 3.8) is 0 Å². The highest BCUT2D eigenvalue weighted by Crippen LogP contribution is 2.37. The predicted octanol–water partition coefficient (Wildman–Crippen LogP) is 6.69. The maximum atomic E-state index is 12.0. The molecule has 3 aromatic heterocycles. The minimum absolute atomic E-state index is 0.115. The van der Waals surface area contributed by atoms with Crippen LogP contribution in [0, 0.1) is 11.3 Å². The summed E-state index contributed by atoms with van der Waals surface area (Å²) >= 11 is 18.7. The highest BCUT2D eigenvalue weighted by Gasteiger charge is 2.40. The molecule has 85 heavy (non-hydrogen) atoms. The number of amidine groups is 2. The van der Waals surface area contributed by atoms with Crippen LogP contribution in [0.1, 0.15) is 55.5 Å². The van der Waals surface area contributed by atoms with Gasteiger partial charge in [0.2, 0.25) is 21.8 Å². The molecule has 4 saturated heterocycles. The third-order valence-electron chi connectivity index (χ3n) is 16.2. The fraction of sp³-hybridized carbons (Fsp3) is 0.390. The average molecular weight is 1230 g/mol. The summed E-state index contributed by atoms with van der Waals surface area (Å²) in [6.45, 7) is 19.8. The number of amides is 2. The average Bonchev–Trinajstić information content (AvgIpc) is 4.23. The van der Waals surface area contributed by atoms with Crippen molar-refractivity contribution in [3.05, 3.63) is 128 Å². The molecule has 9 heterocycles. The lowest BCUT2D eigenvalue weighted by Crippen LogP contribution is -2.61. The summed E-state index contributed by atoms with van der Waals surface area (Å²) in [7, 11) is -3.23. The van der Waals surface area contributed by atoms with Crippen LogP contribution in [0.15, 0.2) is 95.3 Å². The topological polar surface area (TPSA) is 265 Å². The number of pyridine rings is 1. The van der Waals surface area contributed by atoms with Crippen LogP contribution in [0.5, 0.6) is 0 Å². The lowest BCUT2D eigenvalue weighted by Gasteiger charge is -2.46. The number of nitrogens with one attached hydrogen (secondary N) is 2. The third-order valence-corrected chi connectivity index (χ3v) is 18.3. The number of nitriles is 1. The zero-order valence-electron chi connectivity index (χ0n) is 48.2. The van der Waals surface area contributed by atoms with Crippen molar-refractivity contribution in [2.24, 2.45) is 21.5 Å². The van der Waals surface area contributed by atoms with Gasteiger partial charge in [0.05, 0.1) is 54.4 Å². The van der Waals surface area contributed by atoms with E-state index in [0.717, 1.165) is 143 Å². The van der Waals surface area contributed by atoms with Crippen LogP contribution in [-0.2, 0) is 32.7 Å². The highest BCUT2D eigenvalue weighted by atomic mass is 35.5. The fourth-order valence-electron chi connectivity index (χ4n) is 11.9. The van der Waals surface area contributed by atoms with Crippen molar-refractivity contribution in [2.45, 2.75) is 46.3 Å². The molecular formula is C59H69Cl3N18O4S. The smallest absolute Gasteiger partial charge is 0.219 e. The van der Waals surface area contributed by atoms with E-state index in [1.54, 1.807) is 30.4 Å². The van der Waals surface area contributed by atoms with Crippen LogP contribution < -0.4 is 36.0 Å². The van der Waals surface area contributed by atoms with Crippen LogP contribution in [0.3, 0.4) is 0 Å². The third kappa shape index (κ3) is 13.5. The number of hydrogen-bond acceptors (Lipinski definition) is 17. The molecule has 6 aliphatic rings. The first-order chi connectivity index (χ1) is 40.6. The SMILES string of the molecule is CC(=O)N1CCN(c2cc(C#N)cc3[nH]ncc23)CC1.CC(=O)N1CCN(c2cc(Cl)cc3c2CN=C3N)CC1.CC1(C)CN(c2cc(Cl)cc3c2CN=C3N)CCN1S(C)(=O)=O.Clc1cc(N2CCN(c3ccccn3)CC2)c2cn[nH]c2c1. The van der Waals surface area contributed by atoms with Crippen LogP contribution in [-0.4, -0.2) is 181 Å². The summed E-state index contributed by atoms with van der Waals surface area (Å²) in [6.07, 6.45) is 6.75. The fourth-order valence-corrected chi connectivity index (χ4v) is 13.9. The van der Waals surface area contributed by atoms with E-state index in [-0.39, 0.29) is 11.8 Å². The molecule has 0 unspecified atom stereocenters. The zero-order valence-corrected chi connectivity index (χ0v) is 51.3. The molecule has 0 atom stereocenters. The number of aromatic nitrogens is 5. The molecule has 0 aliphatic carbocycles. The number of aromatic amines is 2. The van der Waals surface area contributed by atoms with Crippen molar-refractivity contribution < 1.29 is 18.0 Å². The predicted molar refractivity (Wildman–Crippen MR) is 339 cm³/mol. The Hall–Kier alpha value is -7.88. The van der Waals surface area contributed by atoms with Crippen molar-refractivity contribution in [2.75, 3.05) is 129 Å². The standard InChI is InChI=1S/C16H16ClN5.C15H21ClN4O2S.C14H17ClN4O.C14H15N5O/c17-12-9-14-13(11-19-20-14)15(10-12)21-5-7-22(8-6-21)16-3-1-2-4-18-16;1-15(2)9-19(4-5-20(15)23(3,21)22)13-7-10(16)6-11-12(13)8-18-14(11)17;1-9(20)18-2-4-19(5-3-18)13-7-10(15)6-11-12(13)8-17-14(11)16;1-10(20)18-2-4-19(5-3-18)14-7-11(8-15)6-13-12(14)9-16-17-13/h1-4,9-11H,5-8H2,(H,19,20);6-7H,4-5,8-9H2,1-3H3,(H2,17,18);6-7H,2-5,8H2,1H3,(H2,16,17);6-7,9H,2-5H2,1H3,(H,16,17). The Morgan fingerprint density at radius 1 is 0.600 bits per heavy atom. The number of aliphatic imine (C=N–C) groups is 2. The highest BCUT2D eigenvalue weighted by molar-refractivity contribution is 7.88. The maximum Gasteiger partial charge on any atom is 0.219 e. The van der Waals surface area contributed by atoms with Crippen molar-refractivity contribution in [3.8, 4) is 6.07 Å². The number of nitrogens with two attached hydrogens (primary N) is 2. The molecule has 446 valence electrons. The molecule has 6 N–H and O–H groups in total. The number of sulfonamides is 1. The van der Waals surface area contributed by atoms with Crippen LogP contribution in [0.4, 0.5) is 28.6 Å². The van der Waals surface area contributed by atoms with E-state index in [1.165, 1.54) is 6.26 Å². The monoisotopic (exact) mass is 1230 g/mol. The Labute approximate surface area is 509 Å². The molecule has 2 amide bonds. The molecule has 0 saturated carbocycles.